The maximum atomic E-state index is 11.9. The summed E-state index contributed by atoms with van der Waals surface area (Å²) in [5, 5.41) is 1.93. The molecule has 0 bridgehead atoms. The van der Waals surface area contributed by atoms with Crippen LogP contribution in [0.25, 0.3) is 6.08 Å². The van der Waals surface area contributed by atoms with Gasteiger partial charge in [-0.2, -0.15) is 0 Å². The van der Waals surface area contributed by atoms with Crippen molar-refractivity contribution in [2.45, 2.75) is 19.8 Å². The SMILES string of the molecule is CC(C)c1ccc(C=C2N=C(c3cccs3)OC2=O)cc1. The molecule has 1 aromatic carbocycles. The Morgan fingerprint density at radius 1 is 1.19 bits per heavy atom. The van der Waals surface area contributed by atoms with E-state index in [4.69, 9.17) is 4.74 Å². The number of aliphatic imine (C=N–C) groups is 1. The molecule has 4 heteroatoms. The topological polar surface area (TPSA) is 38.7 Å². The van der Waals surface area contributed by atoms with Crippen molar-refractivity contribution < 1.29 is 9.53 Å². The summed E-state index contributed by atoms with van der Waals surface area (Å²) in [5.74, 6) is 0.484. The lowest BCUT2D eigenvalue weighted by atomic mass is 10.0. The second-order valence-corrected chi connectivity index (χ2v) is 6.08. The predicted octanol–water partition coefficient (Wildman–Crippen LogP) is 4.22. The molecule has 0 saturated heterocycles. The van der Waals surface area contributed by atoms with Crippen molar-refractivity contribution in [2.75, 3.05) is 0 Å². The first-order valence-corrected chi connectivity index (χ1v) is 7.68. The molecule has 21 heavy (non-hydrogen) atoms. The van der Waals surface area contributed by atoms with E-state index in [1.807, 2.05) is 29.6 Å². The quantitative estimate of drug-likeness (QED) is 0.628. The van der Waals surface area contributed by atoms with Gasteiger partial charge in [0.25, 0.3) is 0 Å². The monoisotopic (exact) mass is 297 g/mol. The van der Waals surface area contributed by atoms with E-state index in [9.17, 15) is 4.79 Å². The summed E-state index contributed by atoms with van der Waals surface area (Å²) in [6.45, 7) is 4.30. The zero-order valence-corrected chi connectivity index (χ0v) is 12.7. The minimum atomic E-state index is -0.397. The van der Waals surface area contributed by atoms with E-state index in [1.165, 1.54) is 16.9 Å². The Kier molecular flexibility index (Phi) is 3.71. The Bertz CT molecular complexity index is 710. The zero-order chi connectivity index (χ0) is 14.8. The maximum Gasteiger partial charge on any atom is 0.363 e. The lowest BCUT2D eigenvalue weighted by Gasteiger charge is -2.04. The highest BCUT2D eigenvalue weighted by Gasteiger charge is 2.24. The Morgan fingerprint density at radius 2 is 1.95 bits per heavy atom. The average molecular weight is 297 g/mol. The summed E-state index contributed by atoms with van der Waals surface area (Å²) in [6.07, 6.45) is 1.76. The first-order chi connectivity index (χ1) is 10.1. The van der Waals surface area contributed by atoms with Crippen molar-refractivity contribution >= 4 is 29.3 Å². The van der Waals surface area contributed by atoms with Crippen LogP contribution in [0.4, 0.5) is 0 Å². The smallest absolute Gasteiger partial charge is 0.363 e. The molecular formula is C17H15NO2S. The molecule has 0 unspecified atom stereocenters. The number of thiophene rings is 1. The normalized spacial score (nSPS) is 16.4. The lowest BCUT2D eigenvalue weighted by Crippen LogP contribution is -2.03. The zero-order valence-electron chi connectivity index (χ0n) is 11.9. The van der Waals surface area contributed by atoms with Crippen LogP contribution in [0.15, 0.2) is 52.5 Å². The van der Waals surface area contributed by atoms with Crippen LogP contribution in [0.2, 0.25) is 0 Å². The van der Waals surface area contributed by atoms with Gasteiger partial charge in [0, 0.05) is 0 Å². The number of cyclic esters (lactones) is 1. The highest BCUT2D eigenvalue weighted by molar-refractivity contribution is 7.12. The molecule has 0 spiro atoms. The van der Waals surface area contributed by atoms with Crippen LogP contribution in [0.1, 0.15) is 35.8 Å². The van der Waals surface area contributed by atoms with Gasteiger partial charge in [-0.3, -0.25) is 0 Å². The summed E-state index contributed by atoms with van der Waals surface area (Å²) in [4.78, 5) is 17.0. The molecular weight excluding hydrogens is 282 g/mol. The number of esters is 1. The van der Waals surface area contributed by atoms with Gasteiger partial charge in [0.2, 0.25) is 5.90 Å². The van der Waals surface area contributed by atoms with Crippen LogP contribution in [0.5, 0.6) is 0 Å². The molecule has 0 aliphatic carbocycles. The van der Waals surface area contributed by atoms with Crippen molar-refractivity contribution in [1.29, 1.82) is 0 Å². The number of hydrogen-bond acceptors (Lipinski definition) is 4. The van der Waals surface area contributed by atoms with E-state index in [0.29, 0.717) is 17.5 Å². The fraction of sp³-hybridized carbons (Fsp3) is 0.176. The van der Waals surface area contributed by atoms with Gasteiger partial charge in [0.05, 0.1) is 4.88 Å². The Morgan fingerprint density at radius 3 is 2.57 bits per heavy atom. The summed E-state index contributed by atoms with van der Waals surface area (Å²) in [5.41, 5.74) is 2.56. The largest absolute Gasteiger partial charge is 0.401 e. The average Bonchev–Trinajstić information content (AvgIpc) is 3.10. The molecule has 0 atom stereocenters. The fourth-order valence-corrected chi connectivity index (χ4v) is 2.70. The van der Waals surface area contributed by atoms with E-state index in [2.05, 4.69) is 31.0 Å². The van der Waals surface area contributed by atoms with E-state index < -0.39 is 5.97 Å². The van der Waals surface area contributed by atoms with Gasteiger partial charge in [-0.05, 0) is 34.6 Å². The highest BCUT2D eigenvalue weighted by Crippen LogP contribution is 2.22. The molecule has 1 aromatic heterocycles. The van der Waals surface area contributed by atoms with Gasteiger partial charge in [-0.15, -0.1) is 11.3 Å². The first-order valence-electron chi connectivity index (χ1n) is 6.80. The molecule has 0 saturated carbocycles. The summed E-state index contributed by atoms with van der Waals surface area (Å²) >= 11 is 1.50. The molecule has 0 N–H and O–H groups in total. The van der Waals surface area contributed by atoms with E-state index in [1.54, 1.807) is 6.08 Å². The number of carbonyl (C=O) groups is 1. The number of carbonyl (C=O) groups excluding carboxylic acids is 1. The van der Waals surface area contributed by atoms with Crippen LogP contribution in [-0.2, 0) is 9.53 Å². The molecule has 2 aromatic rings. The molecule has 3 nitrogen and oxygen atoms in total. The van der Waals surface area contributed by atoms with E-state index in [-0.39, 0.29) is 0 Å². The second-order valence-electron chi connectivity index (χ2n) is 5.13. The van der Waals surface area contributed by atoms with Crippen molar-refractivity contribution in [3.05, 3.63) is 63.5 Å². The Labute approximate surface area is 127 Å². The summed E-state index contributed by atoms with van der Waals surface area (Å²) in [7, 11) is 0. The third-order valence-electron chi connectivity index (χ3n) is 3.26. The Hall–Kier alpha value is -2.20. The van der Waals surface area contributed by atoms with Crippen LogP contribution in [-0.4, -0.2) is 11.9 Å². The molecule has 0 radical (unpaired) electrons. The van der Waals surface area contributed by atoms with Gasteiger partial charge in [-0.1, -0.05) is 44.2 Å². The number of nitrogens with zero attached hydrogens (tertiary/aromatic N) is 1. The number of hydrogen-bond donors (Lipinski definition) is 0. The van der Waals surface area contributed by atoms with Crippen LogP contribution in [0, 0.1) is 0 Å². The third-order valence-corrected chi connectivity index (χ3v) is 4.12. The van der Waals surface area contributed by atoms with Crippen molar-refractivity contribution in [3.63, 3.8) is 0 Å². The summed E-state index contributed by atoms with van der Waals surface area (Å²) in [6, 6.07) is 11.9. The number of ether oxygens (including phenoxy) is 1. The van der Waals surface area contributed by atoms with Crippen LogP contribution in [0.3, 0.4) is 0 Å². The van der Waals surface area contributed by atoms with Gasteiger partial charge in [-0.25, -0.2) is 9.79 Å². The second kappa shape index (κ2) is 5.66. The minimum absolute atomic E-state index is 0.343. The first kappa shape index (κ1) is 13.8. The van der Waals surface area contributed by atoms with Crippen molar-refractivity contribution in [2.24, 2.45) is 4.99 Å². The van der Waals surface area contributed by atoms with Gasteiger partial charge >= 0.3 is 5.97 Å². The fourth-order valence-electron chi connectivity index (χ4n) is 2.05. The number of benzene rings is 1. The highest BCUT2D eigenvalue weighted by atomic mass is 32.1. The molecule has 2 heterocycles. The van der Waals surface area contributed by atoms with Gasteiger partial charge in [0.15, 0.2) is 5.70 Å². The van der Waals surface area contributed by atoms with Crippen molar-refractivity contribution in [3.8, 4) is 0 Å². The molecule has 0 fully saturated rings. The van der Waals surface area contributed by atoms with Crippen LogP contribution < -0.4 is 0 Å². The van der Waals surface area contributed by atoms with Crippen molar-refractivity contribution in [1.82, 2.24) is 0 Å². The molecule has 1 aliphatic rings. The molecule has 3 rings (SSSR count). The standard InChI is InChI=1S/C17H15NO2S/c1-11(2)13-7-5-12(6-8-13)10-14-17(19)20-16(18-14)15-4-3-9-21-15/h3-11H,1-2H3. The molecule has 106 valence electrons. The van der Waals surface area contributed by atoms with E-state index in [0.717, 1.165) is 10.4 Å². The maximum absolute atomic E-state index is 11.9. The molecule has 0 amide bonds. The molecule has 1 aliphatic heterocycles. The van der Waals surface area contributed by atoms with E-state index >= 15 is 0 Å². The van der Waals surface area contributed by atoms with Crippen LogP contribution >= 0.6 is 11.3 Å². The minimum Gasteiger partial charge on any atom is -0.401 e. The predicted molar refractivity (Wildman–Crippen MR) is 85.5 cm³/mol. The summed E-state index contributed by atoms with van der Waals surface area (Å²) < 4.78 is 5.21. The lowest BCUT2D eigenvalue weighted by molar-refractivity contribution is -0.129. The third kappa shape index (κ3) is 2.95. The Balaban J connectivity index is 1.87. The van der Waals surface area contributed by atoms with Gasteiger partial charge < -0.3 is 4.74 Å². The number of rotatable bonds is 3. The van der Waals surface area contributed by atoms with Gasteiger partial charge in [0.1, 0.15) is 0 Å².